The lowest BCUT2D eigenvalue weighted by molar-refractivity contribution is 0.404. The summed E-state index contributed by atoms with van der Waals surface area (Å²) >= 11 is 0. The molecule has 1 aromatic rings. The molecule has 0 aliphatic heterocycles. The van der Waals surface area contributed by atoms with Crippen LogP contribution in [0.15, 0.2) is 24.3 Å². The van der Waals surface area contributed by atoms with Crippen LogP contribution in [0.1, 0.15) is 31.9 Å². The molecular weight excluding hydrogens is 196 g/mol. The lowest BCUT2D eigenvalue weighted by Gasteiger charge is -2.21. The summed E-state index contributed by atoms with van der Waals surface area (Å²) in [5.41, 5.74) is 8.56. The standard InChI is InChI=1S/C14H24N2/c1-4-12-7-5-6-8-13(12)10-16-14(9-15)11(2)3/h5-8,11,14,16H,4,9-10,15H2,1-3H3. The van der Waals surface area contributed by atoms with E-state index in [9.17, 15) is 0 Å². The molecule has 0 aliphatic rings. The van der Waals surface area contributed by atoms with Gasteiger partial charge < -0.3 is 11.1 Å². The molecule has 0 spiro atoms. The zero-order chi connectivity index (χ0) is 12.0. The fraction of sp³-hybridized carbons (Fsp3) is 0.571. The van der Waals surface area contributed by atoms with Crippen LogP contribution in [0.25, 0.3) is 0 Å². The third kappa shape index (κ3) is 3.62. The van der Waals surface area contributed by atoms with Crippen molar-refractivity contribution < 1.29 is 0 Å². The van der Waals surface area contributed by atoms with Crippen LogP contribution in [0.4, 0.5) is 0 Å². The molecule has 16 heavy (non-hydrogen) atoms. The quantitative estimate of drug-likeness (QED) is 0.772. The van der Waals surface area contributed by atoms with Crippen molar-refractivity contribution in [3.8, 4) is 0 Å². The van der Waals surface area contributed by atoms with Crippen LogP contribution in [-0.4, -0.2) is 12.6 Å². The van der Waals surface area contributed by atoms with Gasteiger partial charge in [0, 0.05) is 19.1 Å². The van der Waals surface area contributed by atoms with Crippen molar-refractivity contribution in [2.24, 2.45) is 11.7 Å². The van der Waals surface area contributed by atoms with Crippen molar-refractivity contribution in [1.29, 1.82) is 0 Å². The molecule has 2 heteroatoms. The van der Waals surface area contributed by atoms with Gasteiger partial charge in [-0.1, -0.05) is 45.0 Å². The molecule has 0 saturated heterocycles. The van der Waals surface area contributed by atoms with E-state index in [1.165, 1.54) is 11.1 Å². The zero-order valence-corrected chi connectivity index (χ0v) is 10.7. The molecule has 2 nitrogen and oxygen atoms in total. The second-order valence-corrected chi connectivity index (χ2v) is 4.59. The van der Waals surface area contributed by atoms with E-state index >= 15 is 0 Å². The van der Waals surface area contributed by atoms with Crippen LogP contribution in [-0.2, 0) is 13.0 Å². The van der Waals surface area contributed by atoms with Gasteiger partial charge in [0.25, 0.3) is 0 Å². The maximum Gasteiger partial charge on any atom is 0.0216 e. The summed E-state index contributed by atoms with van der Waals surface area (Å²) in [4.78, 5) is 0. The summed E-state index contributed by atoms with van der Waals surface area (Å²) in [6.45, 7) is 8.23. The van der Waals surface area contributed by atoms with Crippen LogP contribution >= 0.6 is 0 Å². The number of nitrogens with two attached hydrogens (primary N) is 1. The largest absolute Gasteiger partial charge is 0.329 e. The lowest BCUT2D eigenvalue weighted by atomic mass is 10.0. The minimum absolute atomic E-state index is 0.407. The number of hydrogen-bond donors (Lipinski definition) is 2. The second-order valence-electron chi connectivity index (χ2n) is 4.59. The maximum atomic E-state index is 5.75. The van der Waals surface area contributed by atoms with Gasteiger partial charge in [-0.2, -0.15) is 0 Å². The van der Waals surface area contributed by atoms with Crippen molar-refractivity contribution in [2.75, 3.05) is 6.54 Å². The normalized spacial score (nSPS) is 13.1. The Labute approximate surface area is 99.2 Å². The Balaban J connectivity index is 2.59. The van der Waals surface area contributed by atoms with Crippen molar-refractivity contribution in [2.45, 2.75) is 39.8 Å². The molecule has 1 aromatic carbocycles. The number of rotatable bonds is 6. The Kier molecular flexibility index (Phi) is 5.50. The van der Waals surface area contributed by atoms with E-state index in [0.717, 1.165) is 13.0 Å². The first-order valence-corrected chi connectivity index (χ1v) is 6.19. The Morgan fingerprint density at radius 3 is 2.31 bits per heavy atom. The molecule has 0 heterocycles. The SMILES string of the molecule is CCc1ccccc1CNC(CN)C(C)C. The fourth-order valence-electron chi connectivity index (χ4n) is 1.91. The molecule has 0 amide bonds. The highest BCUT2D eigenvalue weighted by molar-refractivity contribution is 5.26. The van der Waals surface area contributed by atoms with Crippen LogP contribution < -0.4 is 11.1 Å². The first kappa shape index (κ1) is 13.2. The van der Waals surface area contributed by atoms with E-state index in [1.54, 1.807) is 0 Å². The van der Waals surface area contributed by atoms with Gasteiger partial charge in [-0.25, -0.2) is 0 Å². The minimum Gasteiger partial charge on any atom is -0.329 e. The lowest BCUT2D eigenvalue weighted by Crippen LogP contribution is -2.39. The summed E-state index contributed by atoms with van der Waals surface area (Å²) < 4.78 is 0. The van der Waals surface area contributed by atoms with E-state index in [-0.39, 0.29) is 0 Å². The van der Waals surface area contributed by atoms with Gasteiger partial charge >= 0.3 is 0 Å². The van der Waals surface area contributed by atoms with Crippen LogP contribution in [0.2, 0.25) is 0 Å². The van der Waals surface area contributed by atoms with Crippen LogP contribution in [0, 0.1) is 5.92 Å². The third-order valence-corrected chi connectivity index (χ3v) is 3.11. The Morgan fingerprint density at radius 2 is 1.81 bits per heavy atom. The molecule has 1 unspecified atom stereocenters. The van der Waals surface area contributed by atoms with Crippen molar-refractivity contribution in [1.82, 2.24) is 5.32 Å². The van der Waals surface area contributed by atoms with Gasteiger partial charge in [0.2, 0.25) is 0 Å². The maximum absolute atomic E-state index is 5.75. The topological polar surface area (TPSA) is 38.0 Å². The van der Waals surface area contributed by atoms with Gasteiger partial charge in [-0.05, 0) is 23.5 Å². The van der Waals surface area contributed by atoms with Gasteiger partial charge in [0.1, 0.15) is 0 Å². The monoisotopic (exact) mass is 220 g/mol. The molecule has 1 rings (SSSR count). The highest BCUT2D eigenvalue weighted by Gasteiger charge is 2.10. The predicted molar refractivity (Wildman–Crippen MR) is 70.3 cm³/mol. The van der Waals surface area contributed by atoms with Gasteiger partial charge in [0.05, 0.1) is 0 Å². The molecule has 3 N–H and O–H groups in total. The summed E-state index contributed by atoms with van der Waals surface area (Å²) in [5.74, 6) is 0.582. The van der Waals surface area contributed by atoms with E-state index in [2.05, 4.69) is 50.4 Å². The molecule has 1 atom stereocenters. The summed E-state index contributed by atoms with van der Waals surface area (Å²) in [7, 11) is 0. The first-order valence-electron chi connectivity index (χ1n) is 6.19. The molecule has 0 aliphatic carbocycles. The second kappa shape index (κ2) is 6.66. The van der Waals surface area contributed by atoms with Crippen molar-refractivity contribution in [3.63, 3.8) is 0 Å². The highest BCUT2D eigenvalue weighted by Crippen LogP contribution is 2.10. The number of aryl methyl sites for hydroxylation is 1. The van der Waals surface area contributed by atoms with Gasteiger partial charge in [0.15, 0.2) is 0 Å². The molecule has 0 saturated carbocycles. The summed E-state index contributed by atoms with van der Waals surface area (Å²) in [6, 6.07) is 9.00. The minimum atomic E-state index is 0.407. The summed E-state index contributed by atoms with van der Waals surface area (Å²) in [6.07, 6.45) is 1.09. The Morgan fingerprint density at radius 1 is 1.19 bits per heavy atom. The van der Waals surface area contributed by atoms with Crippen molar-refractivity contribution in [3.05, 3.63) is 35.4 Å². The molecule has 0 aromatic heterocycles. The van der Waals surface area contributed by atoms with E-state index in [0.29, 0.717) is 18.5 Å². The molecular formula is C14H24N2. The fourth-order valence-corrected chi connectivity index (χ4v) is 1.91. The van der Waals surface area contributed by atoms with E-state index < -0.39 is 0 Å². The average Bonchev–Trinajstić information content (AvgIpc) is 2.30. The Bertz CT molecular complexity index is 307. The third-order valence-electron chi connectivity index (χ3n) is 3.11. The molecule has 0 bridgehead atoms. The van der Waals surface area contributed by atoms with Crippen LogP contribution in [0.3, 0.4) is 0 Å². The molecule has 0 fully saturated rings. The van der Waals surface area contributed by atoms with E-state index in [1.807, 2.05) is 0 Å². The smallest absolute Gasteiger partial charge is 0.0216 e. The summed E-state index contributed by atoms with van der Waals surface area (Å²) in [5, 5.41) is 3.53. The van der Waals surface area contributed by atoms with Gasteiger partial charge in [-0.3, -0.25) is 0 Å². The van der Waals surface area contributed by atoms with E-state index in [4.69, 9.17) is 5.73 Å². The van der Waals surface area contributed by atoms with Gasteiger partial charge in [-0.15, -0.1) is 0 Å². The number of hydrogen-bond acceptors (Lipinski definition) is 2. The van der Waals surface area contributed by atoms with Crippen LogP contribution in [0.5, 0.6) is 0 Å². The van der Waals surface area contributed by atoms with Crippen molar-refractivity contribution >= 4 is 0 Å². The average molecular weight is 220 g/mol. The molecule has 0 radical (unpaired) electrons. The molecule has 90 valence electrons. The number of benzene rings is 1. The zero-order valence-electron chi connectivity index (χ0n) is 10.7. The first-order chi connectivity index (χ1) is 7.69. The number of nitrogens with one attached hydrogen (secondary N) is 1. The highest BCUT2D eigenvalue weighted by atomic mass is 14.9. The predicted octanol–water partition coefficient (Wildman–Crippen LogP) is 2.32. The Hall–Kier alpha value is -0.860.